The molecule has 0 unspecified atom stereocenters. The lowest BCUT2D eigenvalue weighted by Crippen LogP contribution is -2.20. The smallest absolute Gasteiger partial charge is 0.289 e. The van der Waals surface area contributed by atoms with Crippen molar-refractivity contribution in [3.05, 3.63) is 82.8 Å². The minimum atomic E-state index is -0.234. The molecule has 0 aliphatic rings. The number of nitrogens with one attached hydrogen (secondary N) is 1. The molecule has 0 bridgehead atoms. The number of aromatic nitrogens is 2. The summed E-state index contributed by atoms with van der Waals surface area (Å²) in [7, 11) is 0. The van der Waals surface area contributed by atoms with Gasteiger partial charge in [0.1, 0.15) is 9.70 Å². The van der Waals surface area contributed by atoms with Gasteiger partial charge in [-0.3, -0.25) is 9.59 Å². The number of ketones is 1. The fraction of sp³-hybridized carbons (Fsp3) is 0.0500. The zero-order valence-electron chi connectivity index (χ0n) is 14.0. The Morgan fingerprint density at radius 2 is 1.69 bits per heavy atom. The average molecular weight is 361 g/mol. The number of Topliss-reactive ketones (excluding diaryl/α,β-unsaturated/α-hetero) is 1. The highest BCUT2D eigenvalue weighted by molar-refractivity contribution is 7.23. The minimum Gasteiger partial charge on any atom is -0.347 e. The molecule has 0 spiro atoms. The van der Waals surface area contributed by atoms with Crippen LogP contribution in [0.15, 0.2) is 71.7 Å². The number of para-hydroxylation sites is 2. The predicted molar refractivity (Wildman–Crippen MR) is 105 cm³/mol. The molecule has 0 saturated heterocycles. The van der Waals surface area contributed by atoms with Gasteiger partial charge >= 0.3 is 0 Å². The molecule has 6 heteroatoms. The number of carbonyl (C=O) groups is 1. The van der Waals surface area contributed by atoms with E-state index in [1.807, 2.05) is 60.7 Å². The maximum Gasteiger partial charge on any atom is 0.289 e. The summed E-state index contributed by atoms with van der Waals surface area (Å²) < 4.78 is 1.86. The number of hydrogen-bond donors (Lipinski definition) is 1. The van der Waals surface area contributed by atoms with E-state index in [0.717, 1.165) is 5.69 Å². The Hall–Kier alpha value is -3.25. The van der Waals surface area contributed by atoms with Gasteiger partial charge in [0, 0.05) is 11.1 Å². The average Bonchev–Trinajstić information content (AvgIpc) is 3.03. The van der Waals surface area contributed by atoms with Crippen molar-refractivity contribution in [3.63, 3.8) is 0 Å². The molecule has 2 heterocycles. The van der Waals surface area contributed by atoms with Crippen LogP contribution < -0.4 is 10.9 Å². The normalized spacial score (nSPS) is 10.8. The van der Waals surface area contributed by atoms with Gasteiger partial charge in [-0.05, 0) is 31.2 Å². The quantitative estimate of drug-likeness (QED) is 0.548. The van der Waals surface area contributed by atoms with Gasteiger partial charge in [-0.25, -0.2) is 0 Å². The molecule has 0 fully saturated rings. The number of carbonyl (C=O) groups excluding carboxylic acids is 1. The van der Waals surface area contributed by atoms with Crippen LogP contribution >= 0.6 is 11.3 Å². The molecule has 2 aromatic heterocycles. The van der Waals surface area contributed by atoms with Crippen molar-refractivity contribution in [1.29, 1.82) is 0 Å². The summed E-state index contributed by atoms with van der Waals surface area (Å²) >= 11 is 1.28. The zero-order chi connectivity index (χ0) is 18.1. The lowest BCUT2D eigenvalue weighted by molar-refractivity contribution is 0.102. The largest absolute Gasteiger partial charge is 0.347 e. The van der Waals surface area contributed by atoms with Gasteiger partial charge in [0.15, 0.2) is 5.78 Å². The van der Waals surface area contributed by atoms with Gasteiger partial charge in [-0.2, -0.15) is 9.78 Å². The summed E-state index contributed by atoms with van der Waals surface area (Å²) in [5.41, 5.74) is 1.81. The highest BCUT2D eigenvalue weighted by atomic mass is 32.1. The number of thiophene rings is 1. The van der Waals surface area contributed by atoms with Gasteiger partial charge in [-0.15, -0.1) is 11.3 Å². The first-order valence-corrected chi connectivity index (χ1v) is 8.90. The molecular weight excluding hydrogens is 346 g/mol. The van der Waals surface area contributed by atoms with Crippen molar-refractivity contribution in [1.82, 2.24) is 9.78 Å². The molecule has 0 atom stereocenters. The van der Waals surface area contributed by atoms with Crippen molar-refractivity contribution in [3.8, 4) is 5.69 Å². The Bertz CT molecular complexity index is 1150. The molecule has 128 valence electrons. The van der Waals surface area contributed by atoms with E-state index in [-0.39, 0.29) is 11.3 Å². The van der Waals surface area contributed by atoms with Crippen LogP contribution in [0, 0.1) is 0 Å². The first-order valence-electron chi connectivity index (χ1n) is 8.08. The van der Waals surface area contributed by atoms with Crippen molar-refractivity contribution < 1.29 is 4.79 Å². The highest BCUT2D eigenvalue weighted by Crippen LogP contribution is 2.35. The first-order chi connectivity index (χ1) is 12.6. The number of anilines is 2. The molecule has 26 heavy (non-hydrogen) atoms. The summed E-state index contributed by atoms with van der Waals surface area (Å²) in [5.74, 6) is -0.103. The second-order valence-electron chi connectivity index (χ2n) is 5.79. The molecule has 1 N–H and O–H groups in total. The van der Waals surface area contributed by atoms with Crippen molar-refractivity contribution >= 4 is 37.9 Å². The molecule has 0 aliphatic heterocycles. The summed E-state index contributed by atoms with van der Waals surface area (Å²) in [4.78, 5) is 25.2. The monoisotopic (exact) mass is 361 g/mol. The highest BCUT2D eigenvalue weighted by Gasteiger charge is 2.20. The zero-order valence-corrected chi connectivity index (χ0v) is 14.8. The molecule has 0 saturated carbocycles. The lowest BCUT2D eigenvalue weighted by Gasteiger charge is -2.05. The van der Waals surface area contributed by atoms with Crippen molar-refractivity contribution in [2.75, 3.05) is 5.32 Å². The number of rotatable bonds is 4. The van der Waals surface area contributed by atoms with E-state index >= 15 is 0 Å². The SMILES string of the molecule is CC(=O)c1c(Nc2ccccc2)sc2c(=O)n(-c3ccccc3)ncc12. The number of nitrogens with zero attached hydrogens (tertiary/aromatic N) is 2. The Morgan fingerprint density at radius 3 is 2.35 bits per heavy atom. The van der Waals surface area contributed by atoms with Gasteiger partial charge in [-0.1, -0.05) is 36.4 Å². The van der Waals surface area contributed by atoms with Crippen LogP contribution in [0.4, 0.5) is 10.7 Å². The van der Waals surface area contributed by atoms with Gasteiger partial charge < -0.3 is 5.32 Å². The Kier molecular flexibility index (Phi) is 4.10. The molecule has 4 aromatic rings. The van der Waals surface area contributed by atoms with E-state index in [4.69, 9.17) is 0 Å². The Morgan fingerprint density at radius 1 is 1.04 bits per heavy atom. The molecule has 5 nitrogen and oxygen atoms in total. The lowest BCUT2D eigenvalue weighted by atomic mass is 10.1. The molecular formula is C20H15N3O2S. The fourth-order valence-electron chi connectivity index (χ4n) is 2.83. The van der Waals surface area contributed by atoms with Gasteiger partial charge in [0.05, 0.1) is 17.4 Å². The Balaban J connectivity index is 1.91. The van der Waals surface area contributed by atoms with E-state index < -0.39 is 0 Å². The molecule has 2 aromatic carbocycles. The first kappa shape index (κ1) is 16.2. The van der Waals surface area contributed by atoms with Crippen molar-refractivity contribution in [2.45, 2.75) is 6.92 Å². The van der Waals surface area contributed by atoms with Crippen LogP contribution in [0.2, 0.25) is 0 Å². The van der Waals surface area contributed by atoms with E-state index in [2.05, 4.69) is 10.4 Å². The number of hydrogen-bond acceptors (Lipinski definition) is 5. The van der Waals surface area contributed by atoms with Gasteiger partial charge in [0.25, 0.3) is 5.56 Å². The van der Waals surface area contributed by atoms with E-state index in [1.165, 1.54) is 22.9 Å². The third-order valence-corrected chi connectivity index (χ3v) is 5.13. The molecule has 0 aliphatic carbocycles. The van der Waals surface area contributed by atoms with Crippen LogP contribution in [-0.2, 0) is 0 Å². The predicted octanol–water partition coefficient (Wildman–Crippen LogP) is 4.39. The third-order valence-electron chi connectivity index (χ3n) is 4.02. The van der Waals surface area contributed by atoms with Crippen LogP contribution in [0.25, 0.3) is 15.8 Å². The summed E-state index contributed by atoms with van der Waals surface area (Å²) in [5, 5.41) is 8.76. The Labute approximate surface area is 153 Å². The van der Waals surface area contributed by atoms with Crippen molar-refractivity contribution in [2.24, 2.45) is 0 Å². The third kappa shape index (κ3) is 2.80. The standard InChI is InChI=1S/C20H15N3O2S/c1-13(24)17-16-12-21-23(15-10-6-3-7-11-15)20(25)18(16)26-19(17)22-14-8-4-2-5-9-14/h2-12,22H,1H3. The minimum absolute atomic E-state index is 0.103. The van der Waals surface area contributed by atoms with E-state index in [9.17, 15) is 9.59 Å². The van der Waals surface area contributed by atoms with Crippen LogP contribution in [-0.4, -0.2) is 15.6 Å². The van der Waals surface area contributed by atoms with E-state index in [1.54, 1.807) is 6.20 Å². The van der Waals surface area contributed by atoms with E-state index in [0.29, 0.717) is 26.3 Å². The maximum atomic E-state index is 12.9. The maximum absolute atomic E-state index is 12.9. The second-order valence-corrected chi connectivity index (χ2v) is 6.81. The summed E-state index contributed by atoms with van der Waals surface area (Å²) in [6.07, 6.45) is 1.59. The van der Waals surface area contributed by atoms with Gasteiger partial charge in [0.2, 0.25) is 0 Å². The molecule has 0 radical (unpaired) electrons. The fourth-order valence-corrected chi connectivity index (χ4v) is 4.00. The van der Waals surface area contributed by atoms with Crippen LogP contribution in [0.1, 0.15) is 17.3 Å². The number of fused-ring (bicyclic) bond motifs is 1. The summed E-state index contributed by atoms with van der Waals surface area (Å²) in [6.45, 7) is 1.50. The topological polar surface area (TPSA) is 64.0 Å². The molecule has 4 rings (SSSR count). The molecule has 0 amide bonds. The van der Waals surface area contributed by atoms with Crippen LogP contribution in [0.3, 0.4) is 0 Å². The summed E-state index contributed by atoms with van der Waals surface area (Å²) in [6, 6.07) is 18.8. The second kappa shape index (κ2) is 6.57. The number of benzene rings is 2. The van der Waals surface area contributed by atoms with Crippen LogP contribution in [0.5, 0.6) is 0 Å².